The average molecular weight is 335 g/mol. The van der Waals surface area contributed by atoms with Crippen molar-refractivity contribution in [3.63, 3.8) is 0 Å². The van der Waals surface area contributed by atoms with Crippen LogP contribution in [0.5, 0.6) is 0 Å². The van der Waals surface area contributed by atoms with E-state index in [2.05, 4.69) is 15.6 Å². The maximum Gasteiger partial charge on any atom is 0.240 e. The van der Waals surface area contributed by atoms with Crippen molar-refractivity contribution in [1.29, 1.82) is 0 Å². The molecule has 1 saturated heterocycles. The van der Waals surface area contributed by atoms with E-state index in [9.17, 15) is 9.59 Å². The van der Waals surface area contributed by atoms with Crippen LogP contribution in [0, 0.1) is 13.8 Å². The van der Waals surface area contributed by atoms with Crippen molar-refractivity contribution < 1.29 is 14.3 Å². The lowest BCUT2D eigenvalue weighted by Gasteiger charge is -2.10. The van der Waals surface area contributed by atoms with Crippen LogP contribution in [0.4, 0.5) is 5.69 Å². The molecule has 0 bridgehead atoms. The minimum atomic E-state index is -0.443. The first-order valence-corrected chi connectivity index (χ1v) is 8.25. The molecular weight excluding hydrogens is 314 g/mol. The van der Waals surface area contributed by atoms with Crippen molar-refractivity contribution in [3.05, 3.63) is 29.3 Å². The number of anilines is 1. The Morgan fingerprint density at radius 2 is 2.22 bits per heavy atom. The molecule has 1 aliphatic heterocycles. The van der Waals surface area contributed by atoms with Gasteiger partial charge in [0.25, 0.3) is 0 Å². The summed E-state index contributed by atoms with van der Waals surface area (Å²) in [4.78, 5) is 28.3. The second kappa shape index (κ2) is 8.12. The Morgan fingerprint density at radius 3 is 2.91 bits per heavy atom. The summed E-state index contributed by atoms with van der Waals surface area (Å²) in [6.45, 7) is 4.93. The molecule has 1 atom stereocenters. The van der Waals surface area contributed by atoms with Crippen LogP contribution in [0.25, 0.3) is 0 Å². The quantitative estimate of drug-likeness (QED) is 0.778. The Labute approximate surface area is 140 Å². The zero-order valence-electron chi connectivity index (χ0n) is 13.5. The predicted molar refractivity (Wildman–Crippen MR) is 92.9 cm³/mol. The van der Waals surface area contributed by atoms with Crippen LogP contribution in [0.1, 0.15) is 17.5 Å². The fourth-order valence-electron chi connectivity index (χ4n) is 2.18. The summed E-state index contributed by atoms with van der Waals surface area (Å²) in [6.07, 6.45) is 0.118. The lowest BCUT2D eigenvalue weighted by Crippen LogP contribution is -2.28. The molecule has 0 spiro atoms. The molecule has 1 aromatic rings. The average Bonchev–Trinajstić information content (AvgIpc) is 2.82. The number of ether oxygens (including phenoxy) is 1. The molecule has 124 valence electrons. The van der Waals surface area contributed by atoms with Crippen LogP contribution in [0.2, 0.25) is 0 Å². The Kier molecular flexibility index (Phi) is 6.18. The SMILES string of the molecule is COCCN=C1NC(=O)C(CC(=O)Nc2ccc(C)cc2C)S1. The number of hydrogen-bond acceptors (Lipinski definition) is 5. The molecule has 0 aliphatic carbocycles. The highest BCUT2D eigenvalue weighted by atomic mass is 32.2. The fourth-order valence-corrected chi connectivity index (χ4v) is 3.17. The molecule has 2 N–H and O–H groups in total. The lowest BCUT2D eigenvalue weighted by molar-refractivity contribution is -0.122. The third-order valence-electron chi connectivity index (χ3n) is 3.35. The summed E-state index contributed by atoms with van der Waals surface area (Å²) < 4.78 is 4.91. The highest BCUT2D eigenvalue weighted by Crippen LogP contribution is 2.23. The van der Waals surface area contributed by atoms with Gasteiger partial charge in [0.1, 0.15) is 5.25 Å². The number of benzene rings is 1. The van der Waals surface area contributed by atoms with Gasteiger partial charge in [-0.15, -0.1) is 0 Å². The summed E-state index contributed by atoms with van der Waals surface area (Å²) in [7, 11) is 1.60. The number of nitrogens with one attached hydrogen (secondary N) is 2. The van der Waals surface area contributed by atoms with Gasteiger partial charge in [-0.3, -0.25) is 14.6 Å². The Hall–Kier alpha value is -1.86. The van der Waals surface area contributed by atoms with Crippen molar-refractivity contribution in [2.75, 3.05) is 25.6 Å². The van der Waals surface area contributed by atoms with Gasteiger partial charge in [-0.1, -0.05) is 29.5 Å². The molecule has 1 aliphatic rings. The third-order valence-corrected chi connectivity index (χ3v) is 4.47. The molecule has 7 heteroatoms. The number of aliphatic imine (C=N–C) groups is 1. The van der Waals surface area contributed by atoms with E-state index in [0.29, 0.717) is 18.3 Å². The maximum atomic E-state index is 12.2. The fraction of sp³-hybridized carbons (Fsp3) is 0.438. The van der Waals surface area contributed by atoms with Gasteiger partial charge >= 0.3 is 0 Å². The molecule has 1 fully saturated rings. The van der Waals surface area contributed by atoms with Crippen molar-refractivity contribution in [2.45, 2.75) is 25.5 Å². The minimum absolute atomic E-state index is 0.118. The number of carbonyl (C=O) groups is 2. The van der Waals surface area contributed by atoms with E-state index in [-0.39, 0.29) is 18.2 Å². The number of methoxy groups -OCH3 is 1. The molecule has 23 heavy (non-hydrogen) atoms. The van der Waals surface area contributed by atoms with Crippen LogP contribution in [0.15, 0.2) is 23.2 Å². The van der Waals surface area contributed by atoms with E-state index >= 15 is 0 Å². The van der Waals surface area contributed by atoms with Gasteiger partial charge in [0, 0.05) is 19.2 Å². The molecule has 1 aromatic carbocycles. The predicted octanol–water partition coefficient (Wildman–Crippen LogP) is 1.87. The van der Waals surface area contributed by atoms with Crippen molar-refractivity contribution >= 4 is 34.4 Å². The van der Waals surface area contributed by atoms with Crippen LogP contribution >= 0.6 is 11.8 Å². The van der Waals surface area contributed by atoms with Crippen LogP contribution in [0.3, 0.4) is 0 Å². The van der Waals surface area contributed by atoms with Gasteiger partial charge in [-0.25, -0.2) is 0 Å². The lowest BCUT2D eigenvalue weighted by atomic mass is 10.1. The number of amides is 2. The van der Waals surface area contributed by atoms with E-state index in [4.69, 9.17) is 4.74 Å². The molecule has 0 aromatic heterocycles. The number of nitrogens with zero attached hydrogens (tertiary/aromatic N) is 1. The highest BCUT2D eigenvalue weighted by molar-refractivity contribution is 8.15. The minimum Gasteiger partial charge on any atom is -0.383 e. The molecule has 1 heterocycles. The monoisotopic (exact) mass is 335 g/mol. The zero-order chi connectivity index (χ0) is 16.8. The van der Waals surface area contributed by atoms with E-state index in [1.165, 1.54) is 11.8 Å². The first kappa shape index (κ1) is 17.5. The zero-order valence-corrected chi connectivity index (χ0v) is 14.3. The van der Waals surface area contributed by atoms with Gasteiger partial charge in [0.2, 0.25) is 11.8 Å². The number of rotatable bonds is 6. The summed E-state index contributed by atoms with van der Waals surface area (Å²) in [6, 6.07) is 5.83. The van der Waals surface area contributed by atoms with Gasteiger partial charge < -0.3 is 15.4 Å². The van der Waals surface area contributed by atoms with Crippen LogP contribution in [-0.4, -0.2) is 42.5 Å². The Morgan fingerprint density at radius 1 is 1.43 bits per heavy atom. The van der Waals surface area contributed by atoms with Crippen LogP contribution < -0.4 is 10.6 Å². The molecular formula is C16H21N3O3S. The standard InChI is InChI=1S/C16H21N3O3S/c1-10-4-5-12(11(2)8-10)18-14(20)9-13-15(21)19-16(23-13)17-6-7-22-3/h4-5,8,13H,6-7,9H2,1-3H3,(H,18,20)(H,17,19,21). The topological polar surface area (TPSA) is 79.8 Å². The number of hydrogen-bond donors (Lipinski definition) is 2. The van der Waals surface area contributed by atoms with Gasteiger partial charge in [0.05, 0.1) is 13.2 Å². The second-order valence-electron chi connectivity index (χ2n) is 5.35. The molecule has 1 unspecified atom stereocenters. The number of aryl methyl sites for hydroxylation is 2. The smallest absolute Gasteiger partial charge is 0.240 e. The van der Waals surface area contributed by atoms with Crippen LogP contribution in [-0.2, 0) is 14.3 Å². The summed E-state index contributed by atoms with van der Waals surface area (Å²) in [5.41, 5.74) is 2.92. The van der Waals surface area contributed by atoms with Crippen molar-refractivity contribution in [3.8, 4) is 0 Å². The number of amidine groups is 1. The number of carbonyl (C=O) groups excluding carboxylic acids is 2. The summed E-state index contributed by atoms with van der Waals surface area (Å²) >= 11 is 1.29. The van der Waals surface area contributed by atoms with Gasteiger partial charge in [0.15, 0.2) is 5.17 Å². The van der Waals surface area contributed by atoms with Crippen molar-refractivity contribution in [2.24, 2.45) is 4.99 Å². The molecule has 2 amide bonds. The van der Waals surface area contributed by atoms with E-state index in [0.717, 1.165) is 16.8 Å². The van der Waals surface area contributed by atoms with E-state index in [1.54, 1.807) is 7.11 Å². The molecule has 6 nitrogen and oxygen atoms in total. The van der Waals surface area contributed by atoms with E-state index < -0.39 is 5.25 Å². The summed E-state index contributed by atoms with van der Waals surface area (Å²) in [5.74, 6) is -0.357. The molecule has 0 saturated carbocycles. The highest BCUT2D eigenvalue weighted by Gasteiger charge is 2.31. The number of thioether (sulfide) groups is 1. The molecule has 2 rings (SSSR count). The largest absolute Gasteiger partial charge is 0.383 e. The second-order valence-corrected chi connectivity index (χ2v) is 6.54. The first-order valence-electron chi connectivity index (χ1n) is 7.37. The van der Waals surface area contributed by atoms with Crippen molar-refractivity contribution in [1.82, 2.24) is 5.32 Å². The first-order chi connectivity index (χ1) is 11.0. The Balaban J connectivity index is 1.90. The normalized spacial score (nSPS) is 19.0. The third kappa shape index (κ3) is 5.07. The molecule has 0 radical (unpaired) electrons. The van der Waals surface area contributed by atoms with Gasteiger partial charge in [-0.2, -0.15) is 0 Å². The summed E-state index contributed by atoms with van der Waals surface area (Å²) in [5, 5.41) is 5.66. The Bertz CT molecular complexity index is 631. The maximum absolute atomic E-state index is 12.2. The van der Waals surface area contributed by atoms with E-state index in [1.807, 2.05) is 32.0 Å². The van der Waals surface area contributed by atoms with Gasteiger partial charge in [-0.05, 0) is 25.5 Å².